The molecule has 0 radical (unpaired) electrons. The van der Waals surface area contributed by atoms with Crippen molar-refractivity contribution in [3.05, 3.63) is 59.7 Å². The molecule has 5 heteroatoms. The number of hydrogen-bond acceptors (Lipinski definition) is 4. The van der Waals surface area contributed by atoms with Crippen LogP contribution in [0.2, 0.25) is 0 Å². The third-order valence-corrected chi connectivity index (χ3v) is 6.07. The first-order chi connectivity index (χ1) is 15.7. The summed E-state index contributed by atoms with van der Waals surface area (Å²) in [6.45, 7) is 6.55. The van der Waals surface area contributed by atoms with Crippen LogP contribution < -0.4 is 20.1 Å². The van der Waals surface area contributed by atoms with Gasteiger partial charge in [0.15, 0.2) is 0 Å². The average molecular weight is 477 g/mol. The fourth-order valence-corrected chi connectivity index (χ4v) is 4.10. The summed E-state index contributed by atoms with van der Waals surface area (Å²) < 4.78 is 10.8. The van der Waals surface area contributed by atoms with Gasteiger partial charge in [-0.3, -0.25) is 0 Å². The molecule has 0 aromatic heterocycles. The Balaban J connectivity index is 0.00000544. The zero-order valence-electron chi connectivity index (χ0n) is 21.1. The van der Waals surface area contributed by atoms with Crippen molar-refractivity contribution in [3.8, 4) is 11.5 Å². The minimum atomic E-state index is 0. The van der Waals surface area contributed by atoms with E-state index >= 15 is 0 Å². The van der Waals surface area contributed by atoms with E-state index in [0.717, 1.165) is 24.6 Å². The summed E-state index contributed by atoms with van der Waals surface area (Å²) in [6, 6.07) is 17.4. The van der Waals surface area contributed by atoms with Crippen LogP contribution in [0.3, 0.4) is 0 Å². The van der Waals surface area contributed by atoms with Crippen LogP contribution in [0.5, 0.6) is 11.5 Å². The minimum Gasteiger partial charge on any atom is -0.497 e. The normalized spacial score (nSPS) is 12.6. The highest BCUT2D eigenvalue weighted by molar-refractivity contribution is 5.85. The molecule has 0 aliphatic rings. The second-order valence-corrected chi connectivity index (χ2v) is 8.53. The van der Waals surface area contributed by atoms with Gasteiger partial charge in [-0.05, 0) is 61.3 Å². The maximum atomic E-state index is 5.40. The molecule has 0 heterocycles. The standard InChI is InChI=1S/C28H44N2O2.ClH/c1-5-7-9-11-21-29-27(23-13-17-25(31-3)18-14-23)28(30-22-12-10-8-6-2)24-15-19-26(32-4)20-16-24;/h13-20,27-30H,5-12,21-22H2,1-4H3;1H. The van der Waals surface area contributed by atoms with E-state index in [2.05, 4.69) is 73.0 Å². The Hall–Kier alpha value is -1.75. The molecule has 0 bridgehead atoms. The van der Waals surface area contributed by atoms with E-state index in [1.165, 1.54) is 62.5 Å². The van der Waals surface area contributed by atoms with Crippen LogP contribution in [0.15, 0.2) is 48.5 Å². The van der Waals surface area contributed by atoms with Crippen LogP contribution in [0.4, 0.5) is 0 Å². The van der Waals surface area contributed by atoms with Gasteiger partial charge in [-0.1, -0.05) is 76.6 Å². The summed E-state index contributed by atoms with van der Waals surface area (Å²) in [5, 5.41) is 7.75. The third kappa shape index (κ3) is 10.4. The van der Waals surface area contributed by atoms with Crippen molar-refractivity contribution in [2.45, 2.75) is 77.3 Å². The molecule has 2 atom stereocenters. The molecule has 186 valence electrons. The number of methoxy groups -OCH3 is 2. The third-order valence-electron chi connectivity index (χ3n) is 6.07. The smallest absolute Gasteiger partial charge is 0.118 e. The van der Waals surface area contributed by atoms with Gasteiger partial charge in [0.2, 0.25) is 0 Å². The zero-order valence-corrected chi connectivity index (χ0v) is 21.9. The predicted octanol–water partition coefficient (Wildman–Crippen LogP) is 7.25. The summed E-state index contributed by atoms with van der Waals surface area (Å²) in [5.41, 5.74) is 2.56. The SMILES string of the molecule is CCCCCCNC(c1ccc(OC)cc1)C(NCCCCCC)c1ccc(OC)cc1.Cl. The molecule has 2 unspecified atom stereocenters. The highest BCUT2D eigenvalue weighted by Gasteiger charge is 2.24. The molecule has 0 amide bonds. The van der Waals surface area contributed by atoms with Crippen LogP contribution in [-0.4, -0.2) is 27.3 Å². The Morgan fingerprint density at radius 2 is 0.939 bits per heavy atom. The number of unbranched alkanes of at least 4 members (excludes halogenated alkanes) is 6. The number of ether oxygens (including phenoxy) is 2. The first kappa shape index (κ1) is 29.3. The van der Waals surface area contributed by atoms with Gasteiger partial charge >= 0.3 is 0 Å². The van der Waals surface area contributed by atoms with E-state index in [9.17, 15) is 0 Å². The van der Waals surface area contributed by atoms with Gasteiger partial charge in [0.1, 0.15) is 11.5 Å². The maximum absolute atomic E-state index is 5.40. The highest BCUT2D eigenvalue weighted by atomic mass is 35.5. The summed E-state index contributed by atoms with van der Waals surface area (Å²) >= 11 is 0. The molecule has 0 aliphatic heterocycles. The molecule has 2 aromatic rings. The van der Waals surface area contributed by atoms with E-state index in [0.29, 0.717) is 0 Å². The van der Waals surface area contributed by atoms with E-state index < -0.39 is 0 Å². The van der Waals surface area contributed by atoms with Crippen LogP contribution in [0.1, 0.15) is 88.4 Å². The molecule has 0 spiro atoms. The van der Waals surface area contributed by atoms with Gasteiger partial charge in [-0.25, -0.2) is 0 Å². The number of halogens is 1. The van der Waals surface area contributed by atoms with Gasteiger partial charge in [0.05, 0.1) is 26.3 Å². The van der Waals surface area contributed by atoms with Gasteiger partial charge in [-0.15, -0.1) is 12.4 Å². The van der Waals surface area contributed by atoms with Gasteiger partial charge in [0.25, 0.3) is 0 Å². The van der Waals surface area contributed by atoms with Crippen molar-refractivity contribution in [3.63, 3.8) is 0 Å². The topological polar surface area (TPSA) is 42.5 Å². The predicted molar refractivity (Wildman–Crippen MR) is 143 cm³/mol. The highest BCUT2D eigenvalue weighted by Crippen LogP contribution is 2.31. The maximum Gasteiger partial charge on any atom is 0.118 e. The molecule has 0 saturated carbocycles. The molecule has 0 aliphatic carbocycles. The molecule has 2 aromatic carbocycles. The first-order valence-electron chi connectivity index (χ1n) is 12.5. The van der Waals surface area contributed by atoms with Crippen LogP contribution in [-0.2, 0) is 0 Å². The lowest BCUT2D eigenvalue weighted by atomic mass is 9.92. The lowest BCUT2D eigenvalue weighted by Crippen LogP contribution is -2.36. The fraction of sp³-hybridized carbons (Fsp3) is 0.571. The van der Waals surface area contributed by atoms with Crippen molar-refractivity contribution in [2.24, 2.45) is 0 Å². The molecular weight excluding hydrogens is 432 g/mol. The lowest BCUT2D eigenvalue weighted by Gasteiger charge is -2.31. The number of rotatable bonds is 17. The van der Waals surface area contributed by atoms with E-state index in [4.69, 9.17) is 9.47 Å². The number of hydrogen-bond donors (Lipinski definition) is 2. The fourth-order valence-electron chi connectivity index (χ4n) is 4.10. The zero-order chi connectivity index (χ0) is 23.0. The Morgan fingerprint density at radius 1 is 0.576 bits per heavy atom. The van der Waals surface area contributed by atoms with Crippen molar-refractivity contribution < 1.29 is 9.47 Å². The molecule has 33 heavy (non-hydrogen) atoms. The Bertz CT molecular complexity index is 658. The first-order valence-corrected chi connectivity index (χ1v) is 12.5. The van der Waals surface area contributed by atoms with Crippen LogP contribution in [0.25, 0.3) is 0 Å². The summed E-state index contributed by atoms with van der Waals surface area (Å²) in [4.78, 5) is 0. The second kappa shape index (κ2) is 17.7. The number of nitrogens with one attached hydrogen (secondary N) is 2. The monoisotopic (exact) mass is 476 g/mol. The van der Waals surface area contributed by atoms with Gasteiger partial charge in [0, 0.05) is 0 Å². The summed E-state index contributed by atoms with van der Waals surface area (Å²) in [6.07, 6.45) is 10.1. The Labute approximate surface area is 208 Å². The van der Waals surface area contributed by atoms with Crippen molar-refractivity contribution in [1.82, 2.24) is 10.6 Å². The van der Waals surface area contributed by atoms with Crippen LogP contribution in [0, 0.1) is 0 Å². The van der Waals surface area contributed by atoms with Gasteiger partial charge in [-0.2, -0.15) is 0 Å². The Kier molecular flexibility index (Phi) is 15.7. The quantitative estimate of drug-likeness (QED) is 0.236. The van der Waals surface area contributed by atoms with Gasteiger partial charge < -0.3 is 20.1 Å². The number of benzene rings is 2. The molecule has 0 fully saturated rings. The summed E-state index contributed by atoms with van der Waals surface area (Å²) in [5.74, 6) is 1.79. The van der Waals surface area contributed by atoms with Crippen LogP contribution >= 0.6 is 12.4 Å². The van der Waals surface area contributed by atoms with E-state index in [-0.39, 0.29) is 24.5 Å². The molecule has 4 nitrogen and oxygen atoms in total. The van der Waals surface area contributed by atoms with E-state index in [1.807, 2.05) is 0 Å². The average Bonchev–Trinajstić information content (AvgIpc) is 2.84. The largest absolute Gasteiger partial charge is 0.497 e. The van der Waals surface area contributed by atoms with Crippen molar-refractivity contribution in [1.29, 1.82) is 0 Å². The Morgan fingerprint density at radius 3 is 1.24 bits per heavy atom. The molecule has 2 rings (SSSR count). The minimum absolute atomic E-state index is 0. The van der Waals surface area contributed by atoms with Crippen molar-refractivity contribution in [2.75, 3.05) is 27.3 Å². The second-order valence-electron chi connectivity index (χ2n) is 8.53. The molecule has 2 N–H and O–H groups in total. The summed E-state index contributed by atoms with van der Waals surface area (Å²) in [7, 11) is 3.44. The molecule has 0 saturated heterocycles. The molecular formula is C28H45ClN2O2. The van der Waals surface area contributed by atoms with E-state index in [1.54, 1.807) is 14.2 Å². The lowest BCUT2D eigenvalue weighted by molar-refractivity contribution is 0.374. The van der Waals surface area contributed by atoms with Crippen molar-refractivity contribution >= 4 is 12.4 Å².